The normalized spacial score (nSPS) is 12.4. The Morgan fingerprint density at radius 2 is 2.00 bits per heavy atom. The fourth-order valence-electron chi connectivity index (χ4n) is 1.90. The fraction of sp³-hybridized carbons (Fsp3) is 0.357. The van der Waals surface area contributed by atoms with Crippen LogP contribution in [0.5, 0.6) is 0 Å². The summed E-state index contributed by atoms with van der Waals surface area (Å²) in [6.07, 6.45) is 1.45. The van der Waals surface area contributed by atoms with Gasteiger partial charge in [-0.15, -0.1) is 6.58 Å². The number of anilines is 1. The summed E-state index contributed by atoms with van der Waals surface area (Å²) in [6.45, 7) is 8.79. The number of hydrogen-bond donors (Lipinski definition) is 2. The SMILES string of the molecule is C=CCN(C(C)(C)C)S(=O)(=O)c1cc(N)ccc1C(=O)O. The minimum absolute atomic E-state index is 0.0691. The summed E-state index contributed by atoms with van der Waals surface area (Å²) in [5, 5.41) is 9.19. The van der Waals surface area contributed by atoms with Crippen LogP contribution in [-0.4, -0.2) is 35.9 Å². The van der Waals surface area contributed by atoms with E-state index in [0.29, 0.717) is 0 Å². The summed E-state index contributed by atoms with van der Waals surface area (Å²) in [6, 6.07) is 3.72. The van der Waals surface area contributed by atoms with Crippen LogP contribution < -0.4 is 5.73 Å². The highest BCUT2D eigenvalue weighted by Gasteiger charge is 2.35. The predicted octanol–water partition coefficient (Wildman–Crippen LogP) is 1.94. The van der Waals surface area contributed by atoms with Crippen LogP contribution in [0.1, 0.15) is 31.1 Å². The molecule has 6 nitrogen and oxygen atoms in total. The van der Waals surface area contributed by atoms with E-state index < -0.39 is 21.5 Å². The highest BCUT2D eigenvalue weighted by Crippen LogP contribution is 2.28. The second kappa shape index (κ2) is 5.87. The maximum Gasteiger partial charge on any atom is 0.337 e. The first-order valence-corrected chi connectivity index (χ1v) is 7.72. The molecule has 1 rings (SSSR count). The standard InChI is InChI=1S/C14H20N2O4S/c1-5-8-16(14(2,3)4)21(19,20)12-9-10(15)6-7-11(12)13(17)18/h5-7,9H,1,8,15H2,2-4H3,(H,17,18). The number of carboxylic acids is 1. The third-order valence-electron chi connectivity index (χ3n) is 2.85. The molecule has 0 amide bonds. The van der Waals surface area contributed by atoms with Gasteiger partial charge in [-0.2, -0.15) is 4.31 Å². The lowest BCUT2D eigenvalue weighted by molar-refractivity contribution is 0.0692. The molecule has 0 aliphatic rings. The molecule has 0 spiro atoms. The van der Waals surface area contributed by atoms with Crippen LogP contribution in [0.2, 0.25) is 0 Å². The third-order valence-corrected chi connectivity index (χ3v) is 5.02. The van der Waals surface area contributed by atoms with E-state index in [1.165, 1.54) is 28.6 Å². The second-order valence-electron chi connectivity index (χ2n) is 5.56. The number of nitrogens with zero attached hydrogens (tertiary/aromatic N) is 1. The van der Waals surface area contributed by atoms with Crippen LogP contribution >= 0.6 is 0 Å². The molecule has 0 heterocycles. The summed E-state index contributed by atoms with van der Waals surface area (Å²) in [7, 11) is -4.02. The van der Waals surface area contributed by atoms with E-state index in [2.05, 4.69) is 6.58 Å². The maximum absolute atomic E-state index is 12.8. The molecule has 0 unspecified atom stereocenters. The zero-order valence-corrected chi connectivity index (χ0v) is 13.1. The van der Waals surface area contributed by atoms with Crippen LogP contribution in [-0.2, 0) is 10.0 Å². The maximum atomic E-state index is 12.8. The Labute approximate surface area is 124 Å². The quantitative estimate of drug-likeness (QED) is 0.639. The lowest BCUT2D eigenvalue weighted by atomic mass is 10.1. The molecular formula is C14H20N2O4S. The smallest absolute Gasteiger partial charge is 0.337 e. The van der Waals surface area contributed by atoms with Crippen molar-refractivity contribution in [1.29, 1.82) is 0 Å². The Bertz CT molecular complexity index is 660. The molecule has 1 aromatic carbocycles. The first-order valence-electron chi connectivity index (χ1n) is 6.28. The van der Waals surface area contributed by atoms with Gasteiger partial charge in [0.05, 0.1) is 10.5 Å². The van der Waals surface area contributed by atoms with Gasteiger partial charge in [0.1, 0.15) is 0 Å². The summed E-state index contributed by atoms with van der Waals surface area (Å²) >= 11 is 0. The van der Waals surface area contributed by atoms with Crippen molar-refractivity contribution < 1.29 is 18.3 Å². The monoisotopic (exact) mass is 312 g/mol. The molecule has 116 valence electrons. The van der Waals surface area contributed by atoms with Crippen LogP contribution in [0.4, 0.5) is 5.69 Å². The average molecular weight is 312 g/mol. The van der Waals surface area contributed by atoms with Crippen LogP contribution in [0.15, 0.2) is 35.7 Å². The van der Waals surface area contributed by atoms with Gasteiger partial charge in [0.2, 0.25) is 10.0 Å². The number of rotatable bonds is 5. The minimum atomic E-state index is -4.02. The highest BCUT2D eigenvalue weighted by molar-refractivity contribution is 7.89. The Hall–Kier alpha value is -1.86. The zero-order valence-electron chi connectivity index (χ0n) is 12.3. The van der Waals surface area contributed by atoms with E-state index in [0.717, 1.165) is 0 Å². The van der Waals surface area contributed by atoms with Gasteiger partial charge in [-0.05, 0) is 39.0 Å². The van der Waals surface area contributed by atoms with Gasteiger partial charge < -0.3 is 10.8 Å². The van der Waals surface area contributed by atoms with Crippen molar-refractivity contribution in [1.82, 2.24) is 4.31 Å². The van der Waals surface area contributed by atoms with Gasteiger partial charge >= 0.3 is 5.97 Å². The largest absolute Gasteiger partial charge is 0.478 e. The number of aromatic carboxylic acids is 1. The van der Waals surface area contributed by atoms with Gasteiger partial charge in [0.25, 0.3) is 0 Å². The van der Waals surface area contributed by atoms with Crippen LogP contribution in [0, 0.1) is 0 Å². The number of nitrogens with two attached hydrogens (primary N) is 1. The van der Waals surface area contributed by atoms with E-state index in [-0.39, 0.29) is 22.7 Å². The topological polar surface area (TPSA) is 101 Å². The molecule has 0 saturated carbocycles. The number of carboxylic acid groups (broad SMARTS) is 1. The lowest BCUT2D eigenvalue weighted by Crippen LogP contribution is -2.45. The fourth-order valence-corrected chi connectivity index (χ4v) is 3.88. The van der Waals surface area contributed by atoms with Crippen molar-refractivity contribution in [3.8, 4) is 0 Å². The highest BCUT2D eigenvalue weighted by atomic mass is 32.2. The average Bonchev–Trinajstić information content (AvgIpc) is 2.33. The third kappa shape index (κ3) is 3.62. The molecule has 0 fully saturated rings. The molecule has 3 N–H and O–H groups in total. The van der Waals surface area contributed by atoms with Gasteiger partial charge in [-0.1, -0.05) is 6.08 Å². The molecule has 21 heavy (non-hydrogen) atoms. The van der Waals surface area contributed by atoms with Crippen molar-refractivity contribution in [2.75, 3.05) is 12.3 Å². The summed E-state index contributed by atoms with van der Waals surface area (Å²) in [4.78, 5) is 11.0. The van der Waals surface area contributed by atoms with E-state index in [1.807, 2.05) is 0 Å². The summed E-state index contributed by atoms with van der Waals surface area (Å²) in [5.74, 6) is -1.32. The lowest BCUT2D eigenvalue weighted by Gasteiger charge is -2.34. The molecule has 0 atom stereocenters. The molecule has 0 radical (unpaired) electrons. The first kappa shape index (κ1) is 17.2. The van der Waals surface area contributed by atoms with Crippen LogP contribution in [0.25, 0.3) is 0 Å². The number of sulfonamides is 1. The molecule has 0 aliphatic carbocycles. The number of benzene rings is 1. The van der Waals surface area contributed by atoms with Crippen molar-refractivity contribution >= 4 is 21.7 Å². The minimum Gasteiger partial charge on any atom is -0.478 e. The van der Waals surface area contributed by atoms with E-state index >= 15 is 0 Å². The predicted molar refractivity (Wildman–Crippen MR) is 81.7 cm³/mol. The van der Waals surface area contributed by atoms with E-state index in [1.54, 1.807) is 20.8 Å². The molecule has 1 aromatic rings. The van der Waals surface area contributed by atoms with Gasteiger partial charge in [-0.25, -0.2) is 13.2 Å². The van der Waals surface area contributed by atoms with Gasteiger partial charge in [-0.3, -0.25) is 0 Å². The number of nitrogen functional groups attached to an aromatic ring is 1. The van der Waals surface area contributed by atoms with E-state index in [4.69, 9.17) is 5.73 Å². The number of carbonyl (C=O) groups is 1. The van der Waals surface area contributed by atoms with E-state index in [9.17, 15) is 18.3 Å². The van der Waals surface area contributed by atoms with Gasteiger partial charge in [0, 0.05) is 17.8 Å². The first-order chi connectivity index (χ1) is 9.51. The Balaban J connectivity index is 3.59. The van der Waals surface area contributed by atoms with Gasteiger partial charge in [0.15, 0.2) is 0 Å². The Morgan fingerprint density at radius 1 is 1.43 bits per heavy atom. The molecule has 7 heteroatoms. The summed E-state index contributed by atoms with van der Waals surface area (Å²) in [5.41, 5.74) is 4.77. The molecule has 0 saturated heterocycles. The van der Waals surface area contributed by atoms with Crippen molar-refractivity contribution in [2.24, 2.45) is 0 Å². The van der Waals surface area contributed by atoms with Crippen molar-refractivity contribution in [3.63, 3.8) is 0 Å². The molecule has 0 aromatic heterocycles. The summed E-state index contributed by atoms with van der Waals surface area (Å²) < 4.78 is 26.8. The molecule has 0 bridgehead atoms. The Morgan fingerprint density at radius 3 is 2.43 bits per heavy atom. The zero-order chi connectivity index (χ0) is 16.4. The van der Waals surface area contributed by atoms with Crippen LogP contribution in [0.3, 0.4) is 0 Å². The molecule has 0 aliphatic heterocycles. The van der Waals surface area contributed by atoms with Crippen molar-refractivity contribution in [3.05, 3.63) is 36.4 Å². The van der Waals surface area contributed by atoms with Crippen molar-refractivity contribution in [2.45, 2.75) is 31.2 Å². The Kier molecular flexibility index (Phi) is 4.80. The number of hydrogen-bond acceptors (Lipinski definition) is 4. The second-order valence-corrected chi connectivity index (χ2v) is 7.39. The molecular weight excluding hydrogens is 292 g/mol.